The monoisotopic (exact) mass is 369 g/mol. The standard InChI is InChI=1S/C11H7F3INO2/c1-2-18-10(17)7-3-6(5-16)8(4-9(7)15)11(12,13)14/h3-4H,2H2,1H3. The number of ether oxygens (including phenoxy) is 1. The first-order chi connectivity index (χ1) is 8.31. The zero-order chi connectivity index (χ0) is 13.9. The summed E-state index contributed by atoms with van der Waals surface area (Å²) in [7, 11) is 0. The number of esters is 1. The second kappa shape index (κ2) is 5.56. The van der Waals surface area contributed by atoms with Crippen molar-refractivity contribution in [3.63, 3.8) is 0 Å². The van der Waals surface area contributed by atoms with Gasteiger partial charge < -0.3 is 4.74 Å². The fourth-order valence-corrected chi connectivity index (χ4v) is 1.95. The van der Waals surface area contributed by atoms with E-state index < -0.39 is 23.3 Å². The van der Waals surface area contributed by atoms with Gasteiger partial charge in [-0.25, -0.2) is 4.79 Å². The Morgan fingerprint density at radius 1 is 1.50 bits per heavy atom. The van der Waals surface area contributed by atoms with Crippen molar-refractivity contribution in [2.24, 2.45) is 0 Å². The molecule has 0 saturated heterocycles. The summed E-state index contributed by atoms with van der Waals surface area (Å²) < 4.78 is 42.7. The van der Waals surface area contributed by atoms with Gasteiger partial charge in [-0.3, -0.25) is 0 Å². The van der Waals surface area contributed by atoms with Gasteiger partial charge in [0.1, 0.15) is 0 Å². The van der Waals surface area contributed by atoms with Crippen molar-refractivity contribution < 1.29 is 22.7 Å². The number of carbonyl (C=O) groups is 1. The molecule has 1 aromatic rings. The minimum atomic E-state index is -4.63. The number of halogens is 4. The second-order valence-corrected chi connectivity index (χ2v) is 4.37. The summed E-state index contributed by atoms with van der Waals surface area (Å²) in [4.78, 5) is 11.5. The molecule has 0 fully saturated rings. The molecule has 0 atom stereocenters. The molecule has 1 aromatic carbocycles. The SMILES string of the molecule is CCOC(=O)c1cc(C#N)c(C(F)(F)F)cc1I. The first-order valence-corrected chi connectivity index (χ1v) is 5.87. The molecule has 18 heavy (non-hydrogen) atoms. The lowest BCUT2D eigenvalue weighted by Crippen LogP contribution is -2.13. The van der Waals surface area contributed by atoms with E-state index in [4.69, 9.17) is 10.00 Å². The highest BCUT2D eigenvalue weighted by Gasteiger charge is 2.35. The van der Waals surface area contributed by atoms with Crippen molar-refractivity contribution in [1.29, 1.82) is 5.26 Å². The minimum Gasteiger partial charge on any atom is -0.462 e. The van der Waals surface area contributed by atoms with E-state index in [0.717, 1.165) is 12.1 Å². The van der Waals surface area contributed by atoms with Gasteiger partial charge in [-0.15, -0.1) is 0 Å². The number of nitrogens with zero attached hydrogens (tertiary/aromatic N) is 1. The molecule has 0 aliphatic carbocycles. The van der Waals surface area contributed by atoms with Crippen LogP contribution in [0.3, 0.4) is 0 Å². The fourth-order valence-electron chi connectivity index (χ4n) is 1.27. The summed E-state index contributed by atoms with van der Waals surface area (Å²) in [5.41, 5.74) is -1.68. The van der Waals surface area contributed by atoms with Crippen molar-refractivity contribution in [3.8, 4) is 6.07 Å². The molecule has 0 unspecified atom stereocenters. The zero-order valence-electron chi connectivity index (χ0n) is 9.14. The Bertz CT molecular complexity index is 520. The third-order valence-corrected chi connectivity index (χ3v) is 2.92. The first kappa shape index (κ1) is 14.8. The largest absolute Gasteiger partial charge is 0.462 e. The van der Waals surface area contributed by atoms with Crippen LogP contribution in [0.15, 0.2) is 12.1 Å². The Hall–Kier alpha value is -1.30. The third kappa shape index (κ3) is 3.13. The lowest BCUT2D eigenvalue weighted by Gasteiger charge is -2.11. The Balaban J connectivity index is 3.37. The highest BCUT2D eigenvalue weighted by Crippen LogP contribution is 2.34. The zero-order valence-corrected chi connectivity index (χ0v) is 11.3. The van der Waals surface area contributed by atoms with Crippen LogP contribution in [0, 0.1) is 14.9 Å². The molecule has 0 aliphatic heterocycles. The van der Waals surface area contributed by atoms with Gasteiger partial charge in [-0.05, 0) is 41.6 Å². The number of rotatable bonds is 2. The quantitative estimate of drug-likeness (QED) is 0.594. The van der Waals surface area contributed by atoms with Crippen LogP contribution >= 0.6 is 22.6 Å². The molecule has 0 radical (unpaired) electrons. The van der Waals surface area contributed by atoms with Crippen LogP contribution in [-0.2, 0) is 10.9 Å². The van der Waals surface area contributed by atoms with Crippen LogP contribution in [0.1, 0.15) is 28.4 Å². The third-order valence-electron chi connectivity index (χ3n) is 2.03. The maximum Gasteiger partial charge on any atom is 0.417 e. The summed E-state index contributed by atoms with van der Waals surface area (Å²) in [5.74, 6) is -0.743. The molecular weight excluding hydrogens is 362 g/mol. The summed E-state index contributed by atoms with van der Waals surface area (Å²) in [6.45, 7) is 1.69. The molecule has 0 spiro atoms. The minimum absolute atomic E-state index is 0.0398. The highest BCUT2D eigenvalue weighted by molar-refractivity contribution is 14.1. The number of nitriles is 1. The molecule has 0 saturated carbocycles. The number of carbonyl (C=O) groups excluding carboxylic acids is 1. The summed E-state index contributed by atoms with van der Waals surface area (Å²) in [6.07, 6.45) is -4.63. The molecule has 7 heteroatoms. The molecule has 96 valence electrons. The van der Waals surface area contributed by atoms with E-state index in [1.54, 1.807) is 29.5 Å². The fraction of sp³-hybridized carbons (Fsp3) is 0.273. The normalized spacial score (nSPS) is 10.9. The lowest BCUT2D eigenvalue weighted by atomic mass is 10.0. The van der Waals surface area contributed by atoms with E-state index in [2.05, 4.69) is 0 Å². The van der Waals surface area contributed by atoms with Gasteiger partial charge in [0.15, 0.2) is 0 Å². The maximum atomic E-state index is 12.6. The molecule has 0 aromatic heterocycles. The average molecular weight is 369 g/mol. The topological polar surface area (TPSA) is 50.1 Å². The Labute approximate surface area is 115 Å². The van der Waals surface area contributed by atoms with Crippen LogP contribution in [0.5, 0.6) is 0 Å². The van der Waals surface area contributed by atoms with Crippen LogP contribution in [0.2, 0.25) is 0 Å². The highest BCUT2D eigenvalue weighted by atomic mass is 127. The molecular formula is C11H7F3INO2. The van der Waals surface area contributed by atoms with Crippen LogP contribution in [0.4, 0.5) is 13.2 Å². The second-order valence-electron chi connectivity index (χ2n) is 3.21. The van der Waals surface area contributed by atoms with Gasteiger partial charge in [0.25, 0.3) is 0 Å². The van der Waals surface area contributed by atoms with Crippen LogP contribution < -0.4 is 0 Å². The molecule has 0 aliphatic rings. The van der Waals surface area contributed by atoms with E-state index in [-0.39, 0.29) is 15.7 Å². The smallest absolute Gasteiger partial charge is 0.417 e. The Kier molecular flexibility index (Phi) is 4.56. The summed E-state index contributed by atoms with van der Waals surface area (Å²) in [5, 5.41) is 8.70. The molecule has 3 nitrogen and oxygen atoms in total. The molecule has 1 rings (SSSR count). The number of hydrogen-bond acceptors (Lipinski definition) is 3. The Morgan fingerprint density at radius 3 is 2.56 bits per heavy atom. The summed E-state index contributed by atoms with van der Waals surface area (Å²) in [6, 6.07) is 3.11. The van der Waals surface area contributed by atoms with Gasteiger partial charge in [0, 0.05) is 3.57 Å². The predicted octanol–water partition coefficient (Wildman–Crippen LogP) is 3.36. The first-order valence-electron chi connectivity index (χ1n) is 4.79. The number of alkyl halides is 3. The van der Waals surface area contributed by atoms with Crippen molar-refractivity contribution >= 4 is 28.6 Å². The molecule has 0 amide bonds. The van der Waals surface area contributed by atoms with Crippen molar-refractivity contribution in [2.45, 2.75) is 13.1 Å². The van der Waals surface area contributed by atoms with Gasteiger partial charge >= 0.3 is 12.1 Å². The molecule has 0 bridgehead atoms. The van der Waals surface area contributed by atoms with E-state index in [0.29, 0.717) is 0 Å². The van der Waals surface area contributed by atoms with Gasteiger partial charge in [0.2, 0.25) is 0 Å². The average Bonchev–Trinajstić information content (AvgIpc) is 2.27. The van der Waals surface area contributed by atoms with Crippen LogP contribution in [-0.4, -0.2) is 12.6 Å². The number of benzene rings is 1. The van der Waals surface area contributed by atoms with Gasteiger partial charge in [0.05, 0.1) is 29.4 Å². The molecule has 0 N–H and O–H groups in total. The lowest BCUT2D eigenvalue weighted by molar-refractivity contribution is -0.137. The van der Waals surface area contributed by atoms with E-state index in [1.165, 1.54) is 6.07 Å². The van der Waals surface area contributed by atoms with E-state index in [1.807, 2.05) is 0 Å². The summed E-state index contributed by atoms with van der Waals surface area (Å²) >= 11 is 1.60. The predicted molar refractivity (Wildman–Crippen MR) is 64.8 cm³/mol. The maximum absolute atomic E-state index is 12.6. The van der Waals surface area contributed by atoms with E-state index in [9.17, 15) is 18.0 Å². The van der Waals surface area contributed by atoms with E-state index >= 15 is 0 Å². The van der Waals surface area contributed by atoms with Gasteiger partial charge in [-0.2, -0.15) is 18.4 Å². The Morgan fingerprint density at radius 2 is 2.11 bits per heavy atom. The van der Waals surface area contributed by atoms with Crippen molar-refractivity contribution in [2.75, 3.05) is 6.61 Å². The molecule has 0 heterocycles. The van der Waals surface area contributed by atoms with Crippen molar-refractivity contribution in [3.05, 3.63) is 32.4 Å². The number of hydrogen-bond donors (Lipinski definition) is 0. The van der Waals surface area contributed by atoms with Gasteiger partial charge in [-0.1, -0.05) is 0 Å². The van der Waals surface area contributed by atoms with Crippen molar-refractivity contribution in [1.82, 2.24) is 0 Å². The van der Waals surface area contributed by atoms with Crippen LogP contribution in [0.25, 0.3) is 0 Å².